The predicted molar refractivity (Wildman–Crippen MR) is 128 cm³/mol. The van der Waals surface area contributed by atoms with E-state index in [0.29, 0.717) is 6.42 Å². The molecular weight excluding hydrogens is 424 g/mol. The van der Waals surface area contributed by atoms with Crippen molar-refractivity contribution in [2.45, 2.75) is 114 Å². The number of aliphatic hydroxyl groups is 1. The Morgan fingerprint density at radius 1 is 0.606 bits per heavy atom. The fourth-order valence-electron chi connectivity index (χ4n) is 3.84. The molecule has 0 aliphatic heterocycles. The molecule has 0 rings (SSSR count). The van der Waals surface area contributed by atoms with E-state index in [-0.39, 0.29) is 25.6 Å². The molecule has 0 aliphatic rings. The van der Waals surface area contributed by atoms with Crippen LogP contribution in [0.2, 0.25) is 0 Å². The monoisotopic (exact) mass is 472 g/mol. The molecule has 0 spiro atoms. The smallest absolute Gasteiger partial charge is 0.312 e. The van der Waals surface area contributed by atoms with Crippen LogP contribution in [-0.2, 0) is 28.6 Å². The lowest BCUT2D eigenvalue weighted by Gasteiger charge is -2.36. The molecule has 0 fully saturated rings. The number of ether oxygens (including phenoxy) is 3. The first kappa shape index (κ1) is 31.4. The Labute approximate surface area is 200 Å². The Morgan fingerprint density at radius 2 is 1.00 bits per heavy atom. The molecule has 33 heavy (non-hydrogen) atoms. The molecule has 0 aromatic rings. The summed E-state index contributed by atoms with van der Waals surface area (Å²) in [4.78, 5) is 38.2. The zero-order chi connectivity index (χ0) is 26.7. The second-order valence-electron chi connectivity index (χ2n) is 13.6. The second kappa shape index (κ2) is 10.3. The predicted octanol–water partition coefficient (Wildman–Crippen LogP) is 5.07. The van der Waals surface area contributed by atoms with Crippen molar-refractivity contribution in [3.63, 3.8) is 0 Å². The molecule has 0 atom stereocenters. The van der Waals surface area contributed by atoms with E-state index in [1.807, 2.05) is 13.8 Å². The molecule has 0 unspecified atom stereocenters. The molecule has 7 nitrogen and oxygen atoms in total. The Hall–Kier alpha value is -1.63. The molecule has 0 aromatic carbocycles. The Morgan fingerprint density at radius 3 is 1.42 bits per heavy atom. The third kappa shape index (κ3) is 10.9. The lowest BCUT2D eigenvalue weighted by Crippen LogP contribution is -2.43. The van der Waals surface area contributed by atoms with Crippen molar-refractivity contribution in [1.82, 2.24) is 0 Å². The molecular formula is C26H48O7. The number of esters is 3. The first-order chi connectivity index (χ1) is 14.4. The van der Waals surface area contributed by atoms with Gasteiger partial charge in [-0.2, -0.15) is 0 Å². The van der Waals surface area contributed by atoms with Crippen LogP contribution in [0.4, 0.5) is 0 Å². The maximum atomic E-state index is 12.9. The summed E-state index contributed by atoms with van der Waals surface area (Å²) in [6, 6.07) is 0. The molecule has 194 valence electrons. The fraction of sp³-hybridized carbons (Fsp3) is 0.885. The third-order valence-corrected chi connectivity index (χ3v) is 5.21. The molecule has 0 heterocycles. The lowest BCUT2D eigenvalue weighted by molar-refractivity contribution is -0.182. The van der Waals surface area contributed by atoms with E-state index in [2.05, 4.69) is 0 Å². The zero-order valence-corrected chi connectivity index (χ0v) is 23.2. The Balaban J connectivity index is 5.12. The highest BCUT2D eigenvalue weighted by Gasteiger charge is 2.43. The first-order valence-electron chi connectivity index (χ1n) is 11.6. The average molecular weight is 473 g/mol. The van der Waals surface area contributed by atoms with Gasteiger partial charge < -0.3 is 19.3 Å². The molecule has 0 bridgehead atoms. The van der Waals surface area contributed by atoms with E-state index in [0.717, 1.165) is 0 Å². The number of hydrogen-bond donors (Lipinski definition) is 1. The molecule has 0 radical (unpaired) electrons. The summed E-state index contributed by atoms with van der Waals surface area (Å²) >= 11 is 0. The molecule has 1 N–H and O–H groups in total. The van der Waals surface area contributed by atoms with Crippen LogP contribution in [0.5, 0.6) is 0 Å². The summed E-state index contributed by atoms with van der Waals surface area (Å²) in [5, 5.41) is 9.52. The van der Waals surface area contributed by atoms with Crippen LogP contribution >= 0.6 is 0 Å². The molecule has 0 saturated carbocycles. The van der Waals surface area contributed by atoms with E-state index in [4.69, 9.17) is 14.2 Å². The van der Waals surface area contributed by atoms with Crippen LogP contribution in [0.15, 0.2) is 0 Å². The summed E-state index contributed by atoms with van der Waals surface area (Å²) < 4.78 is 16.7. The van der Waals surface area contributed by atoms with Crippen LogP contribution < -0.4 is 0 Å². The van der Waals surface area contributed by atoms with Crippen molar-refractivity contribution in [2.75, 3.05) is 13.2 Å². The van der Waals surface area contributed by atoms with Gasteiger partial charge >= 0.3 is 17.9 Å². The summed E-state index contributed by atoms with van der Waals surface area (Å²) in [5.74, 6) is -1.28. The molecule has 0 saturated heterocycles. The van der Waals surface area contributed by atoms with Gasteiger partial charge in [-0.25, -0.2) is 0 Å². The quantitative estimate of drug-likeness (QED) is 0.331. The number of carbonyl (C=O) groups excluding carboxylic acids is 3. The third-order valence-electron chi connectivity index (χ3n) is 5.21. The normalized spacial score (nSPS) is 14.0. The summed E-state index contributed by atoms with van der Waals surface area (Å²) in [6.07, 6.45) is 0.676. The lowest BCUT2D eigenvalue weighted by atomic mass is 9.75. The van der Waals surface area contributed by atoms with Crippen molar-refractivity contribution < 1.29 is 33.7 Å². The van der Waals surface area contributed by atoms with Gasteiger partial charge in [-0.3, -0.25) is 14.4 Å². The van der Waals surface area contributed by atoms with E-state index in [1.165, 1.54) is 0 Å². The number of rotatable bonds is 11. The van der Waals surface area contributed by atoms with Crippen LogP contribution in [0.1, 0.15) is 103 Å². The molecule has 0 aliphatic carbocycles. The van der Waals surface area contributed by atoms with Gasteiger partial charge in [0, 0.05) is 6.61 Å². The van der Waals surface area contributed by atoms with Crippen molar-refractivity contribution in [3.05, 3.63) is 0 Å². The minimum Gasteiger partial charge on any atom is -0.461 e. The largest absolute Gasteiger partial charge is 0.461 e. The molecule has 0 amide bonds. The van der Waals surface area contributed by atoms with Gasteiger partial charge in [-0.15, -0.1) is 0 Å². The van der Waals surface area contributed by atoms with Gasteiger partial charge in [0.25, 0.3) is 0 Å². The van der Waals surface area contributed by atoms with Crippen molar-refractivity contribution in [1.29, 1.82) is 0 Å². The topological polar surface area (TPSA) is 99.1 Å². The average Bonchev–Trinajstić information content (AvgIpc) is 2.56. The summed E-state index contributed by atoms with van der Waals surface area (Å²) in [6.45, 7) is 22.9. The molecule has 7 heteroatoms. The van der Waals surface area contributed by atoms with Crippen molar-refractivity contribution in [3.8, 4) is 0 Å². The van der Waals surface area contributed by atoms with Crippen molar-refractivity contribution >= 4 is 17.9 Å². The van der Waals surface area contributed by atoms with Crippen molar-refractivity contribution in [2.24, 2.45) is 21.7 Å². The number of carbonyl (C=O) groups is 3. The number of hydrogen-bond acceptors (Lipinski definition) is 7. The standard InChI is InChI=1S/C26H48O7/c1-21(2,3)32-19(29)25(10,11)15-24(8,9)18(28)31-17-26(12,13)33-20(30)23(6,7)14-22(4,5)16-27/h27H,14-17H2,1-13H3. The molecule has 0 aromatic heterocycles. The van der Waals surface area contributed by atoms with E-state index in [9.17, 15) is 19.5 Å². The van der Waals surface area contributed by atoms with Gasteiger partial charge in [-0.1, -0.05) is 13.8 Å². The van der Waals surface area contributed by atoms with E-state index in [1.54, 1.807) is 76.2 Å². The van der Waals surface area contributed by atoms with E-state index < -0.39 is 44.8 Å². The maximum Gasteiger partial charge on any atom is 0.312 e. The minimum atomic E-state index is -1.04. The maximum absolute atomic E-state index is 12.9. The minimum absolute atomic E-state index is 0.0422. The van der Waals surface area contributed by atoms with E-state index >= 15 is 0 Å². The highest BCUT2D eigenvalue weighted by atomic mass is 16.6. The Kier molecular flexibility index (Phi) is 9.82. The second-order valence-corrected chi connectivity index (χ2v) is 13.6. The van der Waals surface area contributed by atoms with Crippen LogP contribution in [0.25, 0.3) is 0 Å². The zero-order valence-electron chi connectivity index (χ0n) is 23.2. The summed E-state index contributed by atoms with van der Waals surface area (Å²) in [7, 11) is 0. The highest BCUT2D eigenvalue weighted by Crippen LogP contribution is 2.38. The van der Waals surface area contributed by atoms with Gasteiger partial charge in [-0.05, 0) is 94.4 Å². The summed E-state index contributed by atoms with van der Waals surface area (Å²) in [5.41, 5.74) is -4.74. The van der Waals surface area contributed by atoms with Gasteiger partial charge in [0.15, 0.2) is 0 Å². The van der Waals surface area contributed by atoms with Crippen LogP contribution in [-0.4, -0.2) is 47.4 Å². The van der Waals surface area contributed by atoms with Gasteiger partial charge in [0.1, 0.15) is 17.8 Å². The highest BCUT2D eigenvalue weighted by molar-refractivity contribution is 5.80. The van der Waals surface area contributed by atoms with Gasteiger partial charge in [0.2, 0.25) is 0 Å². The SMILES string of the molecule is CC(C)(CO)CC(C)(C)C(=O)OC(C)(C)COC(=O)C(C)(C)CC(C)(C)C(=O)OC(C)(C)C. The van der Waals surface area contributed by atoms with Crippen LogP contribution in [0, 0.1) is 21.7 Å². The van der Waals surface area contributed by atoms with Crippen LogP contribution in [0.3, 0.4) is 0 Å². The Bertz CT molecular complexity index is 707. The first-order valence-corrected chi connectivity index (χ1v) is 11.6. The number of aliphatic hydroxyl groups excluding tert-OH is 1. The van der Waals surface area contributed by atoms with Gasteiger partial charge in [0.05, 0.1) is 16.2 Å². The fourth-order valence-corrected chi connectivity index (χ4v) is 3.84.